The van der Waals surface area contributed by atoms with Crippen molar-refractivity contribution in [3.8, 4) is 11.6 Å². The van der Waals surface area contributed by atoms with Crippen molar-refractivity contribution in [2.45, 2.75) is 19.0 Å². The molecule has 1 unspecified atom stereocenters. The summed E-state index contributed by atoms with van der Waals surface area (Å²) in [5, 5.41) is 7.35. The Morgan fingerprint density at radius 3 is 3.08 bits per heavy atom. The zero-order valence-corrected chi connectivity index (χ0v) is 13.6. The van der Waals surface area contributed by atoms with Crippen molar-refractivity contribution in [3.63, 3.8) is 0 Å². The molecule has 7 nitrogen and oxygen atoms in total. The largest absolute Gasteiger partial charge is 0.495 e. The number of fused-ring (bicyclic) bond motifs is 1. The van der Waals surface area contributed by atoms with Crippen molar-refractivity contribution in [2.24, 2.45) is 0 Å². The Labute approximate surface area is 140 Å². The fourth-order valence-electron chi connectivity index (χ4n) is 3.27. The smallest absolute Gasteiger partial charge is 0.272 e. The van der Waals surface area contributed by atoms with E-state index in [2.05, 4.69) is 15.3 Å². The third-order valence-electron chi connectivity index (χ3n) is 4.48. The van der Waals surface area contributed by atoms with E-state index < -0.39 is 0 Å². The molecule has 2 aliphatic heterocycles. The molecule has 0 radical (unpaired) electrons. The van der Waals surface area contributed by atoms with Crippen molar-refractivity contribution >= 4 is 11.6 Å². The van der Waals surface area contributed by atoms with E-state index in [1.807, 2.05) is 24.3 Å². The monoisotopic (exact) mass is 328 g/mol. The highest BCUT2D eigenvalue weighted by Gasteiger charge is 2.27. The van der Waals surface area contributed by atoms with E-state index in [9.17, 15) is 4.79 Å². The molecular weight excluding hydrogens is 308 g/mol. The molecule has 1 saturated heterocycles. The van der Waals surface area contributed by atoms with Gasteiger partial charge >= 0.3 is 0 Å². The summed E-state index contributed by atoms with van der Waals surface area (Å²) in [7, 11) is 1.67. The Balaban J connectivity index is 1.40. The lowest BCUT2D eigenvalue weighted by Gasteiger charge is -2.21. The maximum absolute atomic E-state index is 12.4. The Morgan fingerprint density at radius 1 is 1.38 bits per heavy atom. The Bertz CT molecular complexity index is 737. The predicted molar refractivity (Wildman–Crippen MR) is 88.8 cm³/mol. The van der Waals surface area contributed by atoms with Gasteiger partial charge in [0.1, 0.15) is 12.4 Å². The number of ether oxygens (including phenoxy) is 2. The molecule has 0 aliphatic carbocycles. The normalized spacial score (nSPS) is 19.0. The van der Waals surface area contributed by atoms with Crippen LogP contribution in [0, 0.1) is 0 Å². The molecule has 126 valence electrons. The molecule has 24 heavy (non-hydrogen) atoms. The third-order valence-corrected chi connectivity index (χ3v) is 4.48. The summed E-state index contributed by atoms with van der Waals surface area (Å²) < 4.78 is 12.5. The number of para-hydroxylation sites is 2. The Kier molecular flexibility index (Phi) is 3.76. The first kappa shape index (κ1) is 14.9. The molecule has 4 rings (SSSR count). The second kappa shape index (κ2) is 6.07. The van der Waals surface area contributed by atoms with Gasteiger partial charge in [0.2, 0.25) is 5.88 Å². The van der Waals surface area contributed by atoms with Crippen LogP contribution in [0.1, 0.15) is 16.9 Å². The molecule has 1 atom stereocenters. The van der Waals surface area contributed by atoms with Crippen molar-refractivity contribution < 1.29 is 14.3 Å². The number of benzene rings is 1. The van der Waals surface area contributed by atoms with Gasteiger partial charge in [-0.2, -0.15) is 5.10 Å². The summed E-state index contributed by atoms with van der Waals surface area (Å²) in [4.78, 5) is 14.6. The van der Waals surface area contributed by atoms with Crippen molar-refractivity contribution in [1.82, 2.24) is 15.1 Å². The number of amides is 1. The SMILES string of the molecule is COc1ccccc1N1CCC(NC(=O)c2cc3n(n2)CCO3)C1. The van der Waals surface area contributed by atoms with Crippen molar-refractivity contribution in [3.05, 3.63) is 36.0 Å². The minimum absolute atomic E-state index is 0.0971. The summed E-state index contributed by atoms with van der Waals surface area (Å²) in [6.07, 6.45) is 0.897. The van der Waals surface area contributed by atoms with Crippen molar-refractivity contribution in [1.29, 1.82) is 0 Å². The number of carbonyl (C=O) groups excluding carboxylic acids is 1. The van der Waals surface area contributed by atoms with E-state index in [-0.39, 0.29) is 11.9 Å². The number of aromatic nitrogens is 2. The lowest BCUT2D eigenvalue weighted by atomic mass is 10.2. The first-order valence-electron chi connectivity index (χ1n) is 8.14. The fraction of sp³-hybridized carbons (Fsp3) is 0.412. The molecule has 1 amide bonds. The highest BCUT2D eigenvalue weighted by molar-refractivity contribution is 5.92. The summed E-state index contributed by atoms with van der Waals surface area (Å²) in [5.41, 5.74) is 1.48. The van der Waals surface area contributed by atoms with E-state index in [4.69, 9.17) is 9.47 Å². The maximum Gasteiger partial charge on any atom is 0.272 e. The van der Waals surface area contributed by atoms with Gasteiger partial charge in [0.05, 0.1) is 19.3 Å². The molecule has 0 saturated carbocycles. The molecule has 7 heteroatoms. The van der Waals surface area contributed by atoms with Gasteiger partial charge in [-0.05, 0) is 18.6 Å². The molecule has 1 fully saturated rings. The van der Waals surface area contributed by atoms with Gasteiger partial charge in [-0.25, -0.2) is 4.68 Å². The molecule has 0 bridgehead atoms. The van der Waals surface area contributed by atoms with E-state index in [1.165, 1.54) is 0 Å². The van der Waals surface area contributed by atoms with Crippen LogP contribution in [0.5, 0.6) is 11.6 Å². The van der Waals surface area contributed by atoms with E-state index >= 15 is 0 Å². The minimum atomic E-state index is -0.146. The lowest BCUT2D eigenvalue weighted by molar-refractivity contribution is 0.0934. The van der Waals surface area contributed by atoms with Crippen LogP contribution < -0.4 is 19.7 Å². The number of carbonyl (C=O) groups is 1. The lowest BCUT2D eigenvalue weighted by Crippen LogP contribution is -2.37. The Morgan fingerprint density at radius 2 is 2.25 bits per heavy atom. The number of anilines is 1. The average Bonchev–Trinajstić information content (AvgIpc) is 3.30. The van der Waals surface area contributed by atoms with E-state index in [1.54, 1.807) is 17.9 Å². The number of hydrogen-bond donors (Lipinski definition) is 1. The van der Waals surface area contributed by atoms with Gasteiger partial charge in [-0.1, -0.05) is 12.1 Å². The quantitative estimate of drug-likeness (QED) is 0.916. The first-order valence-corrected chi connectivity index (χ1v) is 8.14. The van der Waals surface area contributed by atoms with Crippen LogP contribution in [0.4, 0.5) is 5.69 Å². The zero-order valence-electron chi connectivity index (χ0n) is 13.6. The highest BCUT2D eigenvalue weighted by Crippen LogP contribution is 2.30. The van der Waals surface area contributed by atoms with Crippen LogP contribution in [0.2, 0.25) is 0 Å². The second-order valence-electron chi connectivity index (χ2n) is 6.02. The molecule has 2 aromatic rings. The minimum Gasteiger partial charge on any atom is -0.495 e. The first-order chi connectivity index (χ1) is 11.7. The van der Waals surface area contributed by atoms with Gasteiger partial charge < -0.3 is 19.7 Å². The van der Waals surface area contributed by atoms with Crippen LogP contribution in [-0.4, -0.2) is 48.5 Å². The molecule has 1 N–H and O–H groups in total. The highest BCUT2D eigenvalue weighted by atomic mass is 16.5. The van der Waals surface area contributed by atoms with E-state index in [0.717, 1.165) is 30.9 Å². The number of rotatable bonds is 4. The average molecular weight is 328 g/mol. The summed E-state index contributed by atoms with van der Waals surface area (Å²) in [5.74, 6) is 1.38. The van der Waals surface area contributed by atoms with Gasteiger partial charge in [-0.15, -0.1) is 0 Å². The standard InChI is InChI=1S/C17H20N4O3/c1-23-15-5-3-2-4-14(15)20-7-6-12(11-20)18-17(22)13-10-16-21(19-13)8-9-24-16/h2-5,10,12H,6-9,11H2,1H3,(H,18,22). The van der Waals surface area contributed by atoms with Gasteiger partial charge in [0.25, 0.3) is 5.91 Å². The number of hydrogen-bond acceptors (Lipinski definition) is 5. The summed E-state index contributed by atoms with van der Waals surface area (Å²) in [6, 6.07) is 9.75. The Hall–Kier alpha value is -2.70. The zero-order chi connectivity index (χ0) is 16.5. The maximum atomic E-state index is 12.4. The van der Waals surface area contributed by atoms with Gasteiger partial charge in [-0.3, -0.25) is 4.79 Å². The van der Waals surface area contributed by atoms with Crippen LogP contribution in [0.25, 0.3) is 0 Å². The molecule has 0 spiro atoms. The molecule has 1 aromatic heterocycles. The van der Waals surface area contributed by atoms with Crippen LogP contribution in [0.3, 0.4) is 0 Å². The van der Waals surface area contributed by atoms with Crippen LogP contribution >= 0.6 is 0 Å². The summed E-state index contributed by atoms with van der Waals surface area (Å²) in [6.45, 7) is 2.97. The van der Waals surface area contributed by atoms with Gasteiger partial charge in [0.15, 0.2) is 5.69 Å². The van der Waals surface area contributed by atoms with Crippen LogP contribution in [-0.2, 0) is 6.54 Å². The van der Waals surface area contributed by atoms with E-state index in [0.29, 0.717) is 24.7 Å². The van der Waals surface area contributed by atoms with Crippen molar-refractivity contribution in [2.75, 3.05) is 31.7 Å². The second-order valence-corrected chi connectivity index (χ2v) is 6.02. The fourth-order valence-corrected chi connectivity index (χ4v) is 3.27. The predicted octanol–water partition coefficient (Wildman–Crippen LogP) is 1.29. The molecular formula is C17H20N4O3. The molecule has 2 aliphatic rings. The van der Waals surface area contributed by atoms with Gasteiger partial charge in [0, 0.05) is 25.2 Å². The molecule has 3 heterocycles. The number of nitrogens with zero attached hydrogens (tertiary/aromatic N) is 3. The van der Waals surface area contributed by atoms with Crippen LogP contribution in [0.15, 0.2) is 30.3 Å². The number of nitrogens with one attached hydrogen (secondary N) is 1. The summed E-state index contributed by atoms with van der Waals surface area (Å²) >= 11 is 0. The number of methoxy groups -OCH3 is 1. The topological polar surface area (TPSA) is 68.6 Å². The molecule has 1 aromatic carbocycles. The third kappa shape index (κ3) is 2.66.